The molecule has 0 aliphatic carbocycles. The first-order valence-corrected chi connectivity index (χ1v) is 9.71. The fourth-order valence-corrected chi connectivity index (χ4v) is 4.08. The molecule has 0 radical (unpaired) electrons. The number of aromatic nitrogens is 3. The third-order valence-electron chi connectivity index (χ3n) is 5.61. The highest BCUT2D eigenvalue weighted by Gasteiger charge is 2.26. The van der Waals surface area contributed by atoms with Crippen LogP contribution in [-0.2, 0) is 6.54 Å². The van der Waals surface area contributed by atoms with Crippen molar-refractivity contribution in [2.24, 2.45) is 0 Å². The molecule has 0 saturated carbocycles. The third kappa shape index (κ3) is 3.05. The van der Waals surface area contributed by atoms with E-state index in [4.69, 9.17) is 15.0 Å². The normalized spacial score (nSPS) is 16.6. The summed E-state index contributed by atoms with van der Waals surface area (Å²) in [6, 6.07) is 9.71. The van der Waals surface area contributed by atoms with E-state index in [1.807, 2.05) is 31.2 Å². The van der Waals surface area contributed by atoms with Crippen LogP contribution in [0.5, 0.6) is 5.75 Å². The van der Waals surface area contributed by atoms with Gasteiger partial charge in [-0.1, -0.05) is 0 Å². The van der Waals surface area contributed by atoms with Gasteiger partial charge in [0.15, 0.2) is 5.69 Å². The van der Waals surface area contributed by atoms with Crippen molar-refractivity contribution in [3.8, 4) is 11.8 Å². The van der Waals surface area contributed by atoms with Gasteiger partial charge in [-0.15, -0.1) is 0 Å². The number of rotatable bonds is 3. The molecule has 0 bridgehead atoms. The highest BCUT2D eigenvalue weighted by Crippen LogP contribution is 2.28. The molecule has 0 spiro atoms. The van der Waals surface area contributed by atoms with Crippen LogP contribution in [0, 0.1) is 18.3 Å². The van der Waals surface area contributed by atoms with Crippen molar-refractivity contribution < 1.29 is 9.53 Å². The summed E-state index contributed by atoms with van der Waals surface area (Å²) in [5.74, 6) is 1.67. The predicted octanol–water partition coefficient (Wildman–Crippen LogP) is 2.43. The topological polar surface area (TPSA) is 107 Å². The minimum absolute atomic E-state index is 0.0385. The van der Waals surface area contributed by atoms with Gasteiger partial charge in [0.2, 0.25) is 0 Å². The number of aromatic amines is 1. The zero-order valence-corrected chi connectivity index (χ0v) is 16.0. The fourth-order valence-electron chi connectivity index (χ4n) is 4.08. The third-order valence-corrected chi connectivity index (χ3v) is 5.61. The van der Waals surface area contributed by atoms with Crippen LogP contribution in [0.3, 0.4) is 0 Å². The van der Waals surface area contributed by atoms with Crippen molar-refractivity contribution in [3.63, 3.8) is 0 Å². The number of hydrogen-bond acceptors (Lipinski definition) is 6. The summed E-state index contributed by atoms with van der Waals surface area (Å²) >= 11 is 0. The molecule has 8 heteroatoms. The number of carbonyl (C=O) groups is 1. The lowest BCUT2D eigenvalue weighted by Gasteiger charge is -2.34. The summed E-state index contributed by atoms with van der Waals surface area (Å²) in [6.07, 6.45) is 1.87. The Morgan fingerprint density at radius 3 is 2.90 bits per heavy atom. The number of nitriles is 1. The van der Waals surface area contributed by atoms with Gasteiger partial charge in [0.25, 0.3) is 5.91 Å². The second kappa shape index (κ2) is 6.78. The molecule has 4 heterocycles. The number of fused-ring (bicyclic) bond motifs is 2. The van der Waals surface area contributed by atoms with Crippen molar-refractivity contribution in [1.82, 2.24) is 20.5 Å². The van der Waals surface area contributed by atoms with E-state index in [1.54, 1.807) is 0 Å². The maximum absolute atomic E-state index is 11.8. The minimum Gasteiger partial charge on any atom is -0.490 e. The van der Waals surface area contributed by atoms with E-state index >= 15 is 0 Å². The molecule has 146 valence electrons. The quantitative estimate of drug-likeness (QED) is 0.714. The number of aryl methyl sites for hydroxylation is 1. The number of nitrogens with zero attached hydrogens (tertiary/aromatic N) is 4. The van der Waals surface area contributed by atoms with Crippen molar-refractivity contribution >= 4 is 22.6 Å². The first kappa shape index (κ1) is 17.5. The average molecular weight is 388 g/mol. The van der Waals surface area contributed by atoms with Gasteiger partial charge >= 0.3 is 0 Å². The van der Waals surface area contributed by atoms with Gasteiger partial charge in [-0.3, -0.25) is 9.89 Å². The van der Waals surface area contributed by atoms with Crippen molar-refractivity contribution in [2.75, 3.05) is 18.0 Å². The van der Waals surface area contributed by atoms with Crippen LogP contribution in [-0.4, -0.2) is 40.3 Å². The summed E-state index contributed by atoms with van der Waals surface area (Å²) in [5, 5.41) is 19.6. The molecule has 3 aromatic rings. The molecule has 8 nitrogen and oxygen atoms in total. The Kier molecular flexibility index (Phi) is 4.09. The van der Waals surface area contributed by atoms with Crippen molar-refractivity contribution in [2.45, 2.75) is 32.4 Å². The van der Waals surface area contributed by atoms with Gasteiger partial charge in [-0.25, -0.2) is 4.98 Å². The number of hydrogen-bond donors (Lipinski definition) is 2. The SMILES string of the molecule is Cc1cc2c(nc1N1CCC(Oc3ccc4[nH]nc(C#N)c4c3)CC1)CNC2=O. The molecular formula is C21H20N6O2. The van der Waals surface area contributed by atoms with Crippen LogP contribution in [0.25, 0.3) is 10.9 Å². The van der Waals surface area contributed by atoms with Crippen LogP contribution in [0.4, 0.5) is 5.82 Å². The van der Waals surface area contributed by atoms with Gasteiger partial charge in [0.05, 0.1) is 23.3 Å². The molecule has 2 aromatic heterocycles. The Labute approximate surface area is 167 Å². The Morgan fingerprint density at radius 1 is 1.28 bits per heavy atom. The summed E-state index contributed by atoms with van der Waals surface area (Å²) in [6.45, 7) is 4.19. The number of benzene rings is 1. The average Bonchev–Trinajstić information content (AvgIpc) is 3.31. The molecule has 5 rings (SSSR count). The van der Waals surface area contributed by atoms with E-state index in [0.717, 1.165) is 59.7 Å². The number of nitrogens with one attached hydrogen (secondary N) is 2. The standard InChI is InChI=1S/C21H20N6O2/c1-12-8-16-19(11-23-21(16)28)24-20(12)27-6-4-13(5-7-27)29-14-2-3-17-15(9-14)18(10-22)26-25-17/h2-3,8-9,13H,4-7,11H2,1H3,(H,23,28)(H,25,26). The minimum atomic E-state index is -0.0385. The maximum atomic E-state index is 11.8. The second-order valence-electron chi connectivity index (χ2n) is 7.50. The van der Waals surface area contributed by atoms with Crippen LogP contribution < -0.4 is 15.0 Å². The lowest BCUT2D eigenvalue weighted by atomic mass is 10.1. The maximum Gasteiger partial charge on any atom is 0.253 e. The van der Waals surface area contributed by atoms with E-state index in [-0.39, 0.29) is 12.0 Å². The number of carbonyl (C=O) groups excluding carboxylic acids is 1. The summed E-state index contributed by atoms with van der Waals surface area (Å²) in [7, 11) is 0. The molecule has 29 heavy (non-hydrogen) atoms. The lowest BCUT2D eigenvalue weighted by Crippen LogP contribution is -2.39. The summed E-state index contributed by atoms with van der Waals surface area (Å²) in [4.78, 5) is 18.8. The van der Waals surface area contributed by atoms with Crippen molar-refractivity contribution in [3.05, 3.63) is 46.8 Å². The van der Waals surface area contributed by atoms with Crippen molar-refractivity contribution in [1.29, 1.82) is 5.26 Å². The molecule has 2 aliphatic rings. The van der Waals surface area contributed by atoms with Crippen LogP contribution in [0.2, 0.25) is 0 Å². The Hall–Kier alpha value is -3.60. The Balaban J connectivity index is 1.28. The molecule has 2 aliphatic heterocycles. The van der Waals surface area contributed by atoms with Gasteiger partial charge in [0, 0.05) is 31.3 Å². The first-order chi connectivity index (χ1) is 14.1. The smallest absolute Gasteiger partial charge is 0.253 e. The fraction of sp³-hybridized carbons (Fsp3) is 0.333. The zero-order valence-electron chi connectivity index (χ0n) is 16.0. The number of piperidine rings is 1. The number of amides is 1. The van der Waals surface area contributed by atoms with Crippen LogP contribution in [0.1, 0.15) is 40.2 Å². The first-order valence-electron chi connectivity index (χ1n) is 9.71. The molecular weight excluding hydrogens is 368 g/mol. The van der Waals surface area contributed by atoms with E-state index in [0.29, 0.717) is 17.8 Å². The molecule has 1 amide bonds. The zero-order chi connectivity index (χ0) is 20.0. The van der Waals surface area contributed by atoms with Crippen LogP contribution in [0.15, 0.2) is 24.3 Å². The summed E-state index contributed by atoms with van der Waals surface area (Å²) < 4.78 is 6.18. The van der Waals surface area contributed by atoms with Gasteiger partial charge < -0.3 is 15.0 Å². The second-order valence-corrected chi connectivity index (χ2v) is 7.50. The highest BCUT2D eigenvalue weighted by molar-refractivity contribution is 5.98. The number of anilines is 1. The Bertz CT molecular complexity index is 1150. The predicted molar refractivity (Wildman–Crippen MR) is 107 cm³/mol. The number of ether oxygens (including phenoxy) is 1. The molecule has 0 unspecified atom stereocenters. The lowest BCUT2D eigenvalue weighted by molar-refractivity contribution is 0.0965. The largest absolute Gasteiger partial charge is 0.490 e. The number of H-pyrrole nitrogens is 1. The van der Waals surface area contributed by atoms with Gasteiger partial charge in [-0.05, 0) is 36.8 Å². The molecule has 1 fully saturated rings. The van der Waals surface area contributed by atoms with Gasteiger partial charge in [0.1, 0.15) is 23.7 Å². The molecule has 1 aromatic carbocycles. The summed E-state index contributed by atoms with van der Waals surface area (Å²) in [5.41, 5.74) is 3.75. The van der Waals surface area contributed by atoms with Crippen LogP contribution >= 0.6 is 0 Å². The monoisotopic (exact) mass is 388 g/mol. The van der Waals surface area contributed by atoms with E-state index in [9.17, 15) is 4.79 Å². The Morgan fingerprint density at radius 2 is 2.10 bits per heavy atom. The van der Waals surface area contributed by atoms with E-state index in [2.05, 4.69) is 26.5 Å². The number of pyridine rings is 1. The molecule has 1 saturated heterocycles. The highest BCUT2D eigenvalue weighted by atomic mass is 16.5. The molecule has 0 atom stereocenters. The van der Waals surface area contributed by atoms with E-state index in [1.165, 1.54) is 0 Å². The van der Waals surface area contributed by atoms with E-state index < -0.39 is 0 Å². The molecule has 2 N–H and O–H groups in total. The van der Waals surface area contributed by atoms with Gasteiger partial charge in [-0.2, -0.15) is 10.4 Å².